The van der Waals surface area contributed by atoms with Crippen molar-refractivity contribution >= 4 is 28.2 Å². The molecule has 3 N–H and O–H groups in total. The number of aryl methyl sites for hydroxylation is 3. The smallest absolute Gasteiger partial charge is 0.250 e. The monoisotopic (exact) mass is 339 g/mol. The van der Waals surface area contributed by atoms with Gasteiger partial charge in [0, 0.05) is 11.6 Å². The van der Waals surface area contributed by atoms with Crippen LogP contribution in [0.25, 0.3) is 11.4 Å². The Kier molecular flexibility index (Phi) is 4.26. The van der Waals surface area contributed by atoms with Crippen molar-refractivity contribution in [2.24, 2.45) is 5.73 Å². The van der Waals surface area contributed by atoms with Crippen LogP contribution in [0.5, 0.6) is 0 Å². The van der Waals surface area contributed by atoms with E-state index in [9.17, 15) is 4.79 Å². The van der Waals surface area contributed by atoms with Gasteiger partial charge in [0.05, 0.1) is 17.0 Å². The fourth-order valence-electron chi connectivity index (χ4n) is 2.50. The fourth-order valence-corrected chi connectivity index (χ4v) is 3.21. The van der Waals surface area contributed by atoms with Gasteiger partial charge in [-0.2, -0.15) is 0 Å². The number of rotatable bonds is 4. The first kappa shape index (κ1) is 16.1. The van der Waals surface area contributed by atoms with Crippen LogP contribution in [0.15, 0.2) is 29.8 Å². The zero-order valence-electron chi connectivity index (χ0n) is 13.6. The number of nitrogens with one attached hydrogen (secondary N) is 1. The highest BCUT2D eigenvalue weighted by molar-refractivity contribution is 7.14. The minimum atomic E-state index is -0.463. The Bertz CT molecular complexity index is 896. The summed E-state index contributed by atoms with van der Waals surface area (Å²) in [6.45, 7) is 5.61. The number of hydrogen-bond donors (Lipinski definition) is 2. The summed E-state index contributed by atoms with van der Waals surface area (Å²) in [4.78, 5) is 24.8. The van der Waals surface area contributed by atoms with E-state index in [0.717, 1.165) is 33.5 Å². The first-order valence-electron chi connectivity index (χ1n) is 7.38. The molecule has 0 aromatic carbocycles. The maximum Gasteiger partial charge on any atom is 0.250 e. The van der Waals surface area contributed by atoms with Gasteiger partial charge in [-0.25, -0.2) is 9.97 Å². The van der Waals surface area contributed by atoms with E-state index in [1.165, 1.54) is 11.3 Å². The molecule has 6 nitrogen and oxygen atoms in total. The molecule has 24 heavy (non-hydrogen) atoms. The quantitative estimate of drug-likeness (QED) is 0.760. The lowest BCUT2D eigenvalue weighted by molar-refractivity contribution is 0.0999. The number of nitrogens with two attached hydrogens (primary N) is 1. The molecule has 0 atom stereocenters. The van der Waals surface area contributed by atoms with Crippen LogP contribution in [0.1, 0.15) is 27.2 Å². The molecule has 122 valence electrons. The second-order valence-corrected chi connectivity index (χ2v) is 6.34. The van der Waals surface area contributed by atoms with Crippen molar-refractivity contribution < 1.29 is 4.79 Å². The molecule has 0 saturated carbocycles. The molecule has 0 spiro atoms. The summed E-state index contributed by atoms with van der Waals surface area (Å²) in [5, 5.41) is 5.88. The average molecular weight is 339 g/mol. The zero-order valence-corrected chi connectivity index (χ0v) is 14.4. The predicted molar refractivity (Wildman–Crippen MR) is 95.6 cm³/mol. The van der Waals surface area contributed by atoms with Crippen molar-refractivity contribution in [1.29, 1.82) is 0 Å². The van der Waals surface area contributed by atoms with Gasteiger partial charge in [0.2, 0.25) is 0 Å². The summed E-state index contributed by atoms with van der Waals surface area (Å²) in [7, 11) is 0. The summed E-state index contributed by atoms with van der Waals surface area (Å²) >= 11 is 1.48. The van der Waals surface area contributed by atoms with Crippen molar-refractivity contribution in [2.45, 2.75) is 20.8 Å². The Morgan fingerprint density at radius 3 is 2.62 bits per heavy atom. The largest absolute Gasteiger partial charge is 0.366 e. The second kappa shape index (κ2) is 6.37. The molecular formula is C17H17N5OS. The Morgan fingerprint density at radius 1 is 1.17 bits per heavy atom. The number of nitrogens with zero attached hydrogens (tertiary/aromatic N) is 3. The molecular weight excluding hydrogens is 322 g/mol. The number of amides is 1. The van der Waals surface area contributed by atoms with Gasteiger partial charge in [0.15, 0.2) is 5.13 Å². The SMILES string of the molecule is Cc1cccnc1Nc1nc(-c2cc(C)c(C(N)=O)c(C)n2)cs1. The minimum absolute atomic E-state index is 0.463. The Morgan fingerprint density at radius 2 is 1.96 bits per heavy atom. The van der Waals surface area contributed by atoms with Crippen LogP contribution in [-0.2, 0) is 0 Å². The van der Waals surface area contributed by atoms with E-state index < -0.39 is 5.91 Å². The minimum Gasteiger partial charge on any atom is -0.366 e. The van der Waals surface area contributed by atoms with Crippen LogP contribution in [0, 0.1) is 20.8 Å². The number of pyridine rings is 2. The van der Waals surface area contributed by atoms with E-state index in [0.29, 0.717) is 11.3 Å². The van der Waals surface area contributed by atoms with Crippen LogP contribution in [0.4, 0.5) is 10.9 Å². The van der Waals surface area contributed by atoms with Crippen molar-refractivity contribution in [3.63, 3.8) is 0 Å². The maximum absolute atomic E-state index is 11.5. The lowest BCUT2D eigenvalue weighted by Gasteiger charge is -2.07. The highest BCUT2D eigenvalue weighted by Crippen LogP contribution is 2.28. The predicted octanol–water partition coefficient (Wildman–Crippen LogP) is 3.37. The number of hydrogen-bond acceptors (Lipinski definition) is 6. The maximum atomic E-state index is 11.5. The molecule has 3 aromatic rings. The number of carbonyl (C=O) groups excluding carboxylic acids is 1. The number of anilines is 2. The molecule has 0 unspecified atom stereocenters. The third kappa shape index (κ3) is 3.11. The van der Waals surface area contributed by atoms with Crippen LogP contribution in [0.3, 0.4) is 0 Å². The summed E-state index contributed by atoms with van der Waals surface area (Å²) in [5.74, 6) is 0.318. The van der Waals surface area contributed by atoms with Gasteiger partial charge in [0.25, 0.3) is 5.91 Å². The summed E-state index contributed by atoms with van der Waals surface area (Å²) in [6, 6.07) is 5.71. The van der Waals surface area contributed by atoms with E-state index in [2.05, 4.69) is 20.3 Å². The van der Waals surface area contributed by atoms with Gasteiger partial charge >= 0.3 is 0 Å². The number of carbonyl (C=O) groups is 1. The molecule has 0 radical (unpaired) electrons. The molecule has 3 heterocycles. The molecule has 7 heteroatoms. The number of aromatic nitrogens is 3. The van der Waals surface area contributed by atoms with E-state index in [1.54, 1.807) is 13.1 Å². The third-order valence-corrected chi connectivity index (χ3v) is 4.40. The van der Waals surface area contributed by atoms with Gasteiger partial charge in [-0.05, 0) is 44.0 Å². The summed E-state index contributed by atoms with van der Waals surface area (Å²) < 4.78 is 0. The average Bonchev–Trinajstić information content (AvgIpc) is 2.97. The van der Waals surface area contributed by atoms with Crippen molar-refractivity contribution in [3.05, 3.63) is 52.2 Å². The lowest BCUT2D eigenvalue weighted by Crippen LogP contribution is -2.15. The van der Waals surface area contributed by atoms with Gasteiger partial charge in [-0.15, -0.1) is 11.3 Å². The van der Waals surface area contributed by atoms with Crippen LogP contribution < -0.4 is 11.1 Å². The van der Waals surface area contributed by atoms with Crippen LogP contribution in [0.2, 0.25) is 0 Å². The number of thiazole rings is 1. The van der Waals surface area contributed by atoms with E-state index in [4.69, 9.17) is 5.73 Å². The topological polar surface area (TPSA) is 93.8 Å². The summed E-state index contributed by atoms with van der Waals surface area (Å²) in [5.41, 5.74) is 9.79. The fraction of sp³-hybridized carbons (Fsp3) is 0.176. The second-order valence-electron chi connectivity index (χ2n) is 5.48. The van der Waals surface area contributed by atoms with Gasteiger partial charge in [0.1, 0.15) is 11.5 Å². The Labute approximate surface area is 143 Å². The van der Waals surface area contributed by atoms with Gasteiger partial charge in [-0.3, -0.25) is 9.78 Å². The molecule has 0 bridgehead atoms. The van der Waals surface area contributed by atoms with Crippen LogP contribution in [-0.4, -0.2) is 20.9 Å². The Balaban J connectivity index is 1.91. The standard InChI is InChI=1S/C17H17N5OS/c1-9-5-4-6-19-16(9)22-17-21-13(8-24-17)12-7-10(2)14(15(18)23)11(3)20-12/h4-8H,1-3H3,(H2,18,23)(H,19,21,22). The molecule has 0 aliphatic rings. The normalized spacial score (nSPS) is 10.6. The van der Waals surface area contributed by atoms with Gasteiger partial charge in [-0.1, -0.05) is 6.07 Å². The Hall–Kier alpha value is -2.80. The third-order valence-electron chi connectivity index (χ3n) is 3.65. The first-order chi connectivity index (χ1) is 11.5. The molecule has 0 aliphatic heterocycles. The van der Waals surface area contributed by atoms with Crippen molar-refractivity contribution in [1.82, 2.24) is 15.0 Å². The molecule has 3 rings (SSSR count). The lowest BCUT2D eigenvalue weighted by atomic mass is 10.1. The molecule has 3 aromatic heterocycles. The van der Waals surface area contributed by atoms with Crippen molar-refractivity contribution in [2.75, 3.05) is 5.32 Å². The summed E-state index contributed by atoms with van der Waals surface area (Å²) in [6.07, 6.45) is 1.74. The molecule has 0 aliphatic carbocycles. The molecule has 0 saturated heterocycles. The molecule has 1 amide bonds. The first-order valence-corrected chi connectivity index (χ1v) is 8.26. The highest BCUT2D eigenvalue weighted by atomic mass is 32.1. The highest BCUT2D eigenvalue weighted by Gasteiger charge is 2.14. The van der Waals surface area contributed by atoms with E-state index in [-0.39, 0.29) is 0 Å². The van der Waals surface area contributed by atoms with E-state index >= 15 is 0 Å². The zero-order chi connectivity index (χ0) is 17.3. The van der Waals surface area contributed by atoms with Crippen molar-refractivity contribution in [3.8, 4) is 11.4 Å². The van der Waals surface area contributed by atoms with E-state index in [1.807, 2.05) is 37.4 Å². The van der Waals surface area contributed by atoms with Crippen LogP contribution >= 0.6 is 11.3 Å². The molecule has 0 fully saturated rings. The van der Waals surface area contributed by atoms with Gasteiger partial charge < -0.3 is 11.1 Å². The number of primary amides is 1.